The number of anilines is 1. The number of fused-ring (bicyclic) bond motifs is 1. The average molecular weight is 622 g/mol. The molecule has 0 unspecified atom stereocenters. The van der Waals surface area contributed by atoms with Gasteiger partial charge in [0, 0.05) is 35.1 Å². The fourth-order valence-electron chi connectivity index (χ4n) is 4.96. The van der Waals surface area contributed by atoms with E-state index in [0.717, 1.165) is 66.7 Å². The minimum atomic E-state index is -3.84. The second-order valence-electron chi connectivity index (χ2n) is 10.2. The summed E-state index contributed by atoms with van der Waals surface area (Å²) in [5, 5.41) is -0.378. The van der Waals surface area contributed by atoms with Crippen LogP contribution in [0.5, 0.6) is 0 Å². The zero-order chi connectivity index (χ0) is 29.3. The molecule has 12 heteroatoms. The van der Waals surface area contributed by atoms with Crippen molar-refractivity contribution in [3.8, 4) is 0 Å². The highest BCUT2D eigenvalue weighted by Gasteiger charge is 2.35. The second-order valence-corrected chi connectivity index (χ2v) is 12.1. The normalized spacial score (nSPS) is 14.7. The van der Waals surface area contributed by atoms with Gasteiger partial charge in [0.15, 0.2) is 0 Å². The molecule has 2 heterocycles. The van der Waals surface area contributed by atoms with Gasteiger partial charge in [-0.05, 0) is 91.3 Å². The van der Waals surface area contributed by atoms with Crippen LogP contribution in [-0.4, -0.2) is 42.3 Å². The predicted molar refractivity (Wildman–Crippen MR) is 156 cm³/mol. The van der Waals surface area contributed by atoms with Crippen molar-refractivity contribution >= 4 is 53.0 Å². The first-order chi connectivity index (χ1) is 19.6. The quantitative estimate of drug-likeness (QED) is 0.154. The van der Waals surface area contributed by atoms with E-state index in [4.69, 9.17) is 23.2 Å². The number of alkyl halides is 3. The van der Waals surface area contributed by atoms with Gasteiger partial charge in [0.2, 0.25) is 6.41 Å². The number of H-pyrrole nitrogens is 1. The minimum absolute atomic E-state index is 0.0531. The Morgan fingerprint density at radius 2 is 1.98 bits per heavy atom. The Kier molecular flexibility index (Phi) is 8.75. The molecular formula is C29H28Cl2F2N4O3S. The number of hydrogen-bond acceptors (Lipinski definition) is 5. The van der Waals surface area contributed by atoms with Crippen molar-refractivity contribution in [1.29, 1.82) is 0 Å². The van der Waals surface area contributed by atoms with Crippen LogP contribution in [0.3, 0.4) is 0 Å². The monoisotopic (exact) mass is 620 g/mol. The van der Waals surface area contributed by atoms with Gasteiger partial charge < -0.3 is 20.1 Å². The Hall–Kier alpha value is -2.92. The number of halogens is 4. The van der Waals surface area contributed by atoms with Crippen LogP contribution in [0.1, 0.15) is 57.9 Å². The summed E-state index contributed by atoms with van der Waals surface area (Å²) < 4.78 is 28.3. The summed E-state index contributed by atoms with van der Waals surface area (Å²) in [5.41, 5.74) is 1.37. The number of amides is 2. The lowest BCUT2D eigenvalue weighted by molar-refractivity contribution is -0.107. The van der Waals surface area contributed by atoms with Crippen LogP contribution in [-0.2, 0) is 23.3 Å². The molecule has 1 saturated carbocycles. The molecule has 2 aliphatic rings. The van der Waals surface area contributed by atoms with Crippen molar-refractivity contribution in [2.75, 3.05) is 25.0 Å². The van der Waals surface area contributed by atoms with Crippen LogP contribution >= 0.6 is 35.0 Å². The first-order valence-electron chi connectivity index (χ1n) is 13.2. The molecule has 0 radical (unpaired) electrons. The third kappa shape index (κ3) is 6.45. The summed E-state index contributed by atoms with van der Waals surface area (Å²) in [7, 11) is 1.84. The van der Waals surface area contributed by atoms with Gasteiger partial charge in [-0.2, -0.15) is 8.78 Å². The van der Waals surface area contributed by atoms with E-state index in [1.165, 1.54) is 4.90 Å². The third-order valence-corrected chi connectivity index (χ3v) is 9.06. The fourth-order valence-corrected chi connectivity index (χ4v) is 6.56. The van der Waals surface area contributed by atoms with Gasteiger partial charge in [-0.3, -0.25) is 14.4 Å². The van der Waals surface area contributed by atoms with Crippen LogP contribution < -0.4 is 15.8 Å². The molecule has 41 heavy (non-hydrogen) atoms. The summed E-state index contributed by atoms with van der Waals surface area (Å²) in [4.78, 5) is 44.6. The molecule has 2 aromatic carbocycles. The molecule has 0 atom stereocenters. The first-order valence-corrected chi connectivity index (χ1v) is 14.8. The number of pyridine rings is 1. The lowest BCUT2D eigenvalue weighted by Gasteiger charge is -2.19. The molecule has 0 spiro atoms. The van der Waals surface area contributed by atoms with E-state index in [9.17, 15) is 23.2 Å². The summed E-state index contributed by atoms with van der Waals surface area (Å²) in [5.74, 6) is -0.310. The van der Waals surface area contributed by atoms with E-state index in [2.05, 4.69) is 10.3 Å². The molecule has 1 aliphatic heterocycles. The smallest absolute Gasteiger partial charge is 0.330 e. The van der Waals surface area contributed by atoms with Crippen LogP contribution in [0.2, 0.25) is 5.02 Å². The standard InChI is InChI=1S/C29H28Cl2F2N4O3S/c1-34-10-3-11-36(16-38)20-9-8-18-14-37(15-19(18)12-20)28(40)25-23(13-24(29(31,32)33)35-27(25)39)41-26-21(17-6-7-17)4-2-5-22(26)30/h2,4-5,8-9,12-13,16-17,34H,3,6-7,10-11,14-15H2,1H3,(H,35,39). The number of aromatic nitrogens is 1. The molecule has 5 rings (SSSR count). The van der Waals surface area contributed by atoms with Crippen molar-refractivity contribution in [3.63, 3.8) is 0 Å². The van der Waals surface area contributed by atoms with Crippen molar-refractivity contribution in [1.82, 2.24) is 15.2 Å². The van der Waals surface area contributed by atoms with E-state index in [0.29, 0.717) is 22.2 Å². The first kappa shape index (κ1) is 29.6. The molecule has 7 nitrogen and oxygen atoms in total. The molecule has 2 N–H and O–H groups in total. The maximum Gasteiger partial charge on any atom is 0.362 e. The van der Waals surface area contributed by atoms with E-state index >= 15 is 0 Å². The average Bonchev–Trinajstić information content (AvgIpc) is 3.69. The number of aromatic amines is 1. The van der Waals surface area contributed by atoms with Gasteiger partial charge in [0.1, 0.15) is 11.3 Å². The maximum absolute atomic E-state index is 14.1. The van der Waals surface area contributed by atoms with Crippen molar-refractivity contribution in [2.24, 2.45) is 0 Å². The molecule has 1 aromatic heterocycles. The molecule has 1 fully saturated rings. The topological polar surface area (TPSA) is 85.5 Å². The van der Waals surface area contributed by atoms with Crippen LogP contribution in [0.15, 0.2) is 57.1 Å². The SMILES string of the molecule is CNCCCN(C=O)c1ccc2c(c1)CN(C(=O)c1c(Sc3c(Cl)cccc3C3CC3)cc(C(F)(F)Cl)[nH]c1=O)C2. The highest BCUT2D eigenvalue weighted by molar-refractivity contribution is 7.99. The van der Waals surface area contributed by atoms with E-state index in [1.807, 2.05) is 37.4 Å². The Morgan fingerprint density at radius 3 is 2.66 bits per heavy atom. The molecule has 1 aliphatic carbocycles. The Bertz CT molecular complexity index is 1540. The van der Waals surface area contributed by atoms with Gasteiger partial charge in [-0.25, -0.2) is 0 Å². The number of hydrogen-bond donors (Lipinski definition) is 2. The number of nitrogens with one attached hydrogen (secondary N) is 2. The van der Waals surface area contributed by atoms with Gasteiger partial charge in [0.25, 0.3) is 11.5 Å². The Morgan fingerprint density at radius 1 is 1.22 bits per heavy atom. The maximum atomic E-state index is 14.1. The van der Waals surface area contributed by atoms with Crippen molar-refractivity contribution < 1.29 is 18.4 Å². The molecule has 216 valence electrons. The van der Waals surface area contributed by atoms with Gasteiger partial charge in [-0.1, -0.05) is 41.6 Å². The van der Waals surface area contributed by atoms with Crippen LogP contribution in [0, 0.1) is 0 Å². The van der Waals surface area contributed by atoms with Gasteiger partial charge in [-0.15, -0.1) is 0 Å². The minimum Gasteiger partial charge on any atom is -0.330 e. The third-order valence-electron chi connectivity index (χ3n) is 7.23. The van der Waals surface area contributed by atoms with Gasteiger partial charge >= 0.3 is 5.38 Å². The summed E-state index contributed by atoms with van der Waals surface area (Å²) in [6, 6.07) is 12.0. The van der Waals surface area contributed by atoms with Crippen LogP contribution in [0.4, 0.5) is 14.5 Å². The summed E-state index contributed by atoms with van der Waals surface area (Å²) >= 11 is 12.8. The van der Waals surface area contributed by atoms with Crippen molar-refractivity contribution in [2.45, 2.75) is 53.4 Å². The Labute approximate surface area is 250 Å². The Balaban J connectivity index is 1.47. The highest BCUT2D eigenvalue weighted by atomic mass is 35.5. The molecular weight excluding hydrogens is 593 g/mol. The van der Waals surface area contributed by atoms with Crippen molar-refractivity contribution in [3.05, 3.63) is 85.8 Å². The fraction of sp³-hybridized carbons (Fsp3) is 0.345. The molecule has 3 aromatic rings. The molecule has 2 amide bonds. The van der Waals surface area contributed by atoms with E-state index < -0.39 is 22.5 Å². The summed E-state index contributed by atoms with van der Waals surface area (Å²) in [6.07, 6.45) is 3.50. The number of rotatable bonds is 11. The lowest BCUT2D eigenvalue weighted by Crippen LogP contribution is -2.32. The number of carbonyl (C=O) groups excluding carboxylic acids is 2. The van der Waals surface area contributed by atoms with E-state index in [1.54, 1.807) is 11.0 Å². The second kappa shape index (κ2) is 12.1. The lowest BCUT2D eigenvalue weighted by atomic mass is 10.1. The van der Waals surface area contributed by atoms with Crippen LogP contribution in [0.25, 0.3) is 0 Å². The zero-order valence-electron chi connectivity index (χ0n) is 22.2. The van der Waals surface area contributed by atoms with E-state index in [-0.39, 0.29) is 29.5 Å². The van der Waals surface area contributed by atoms with Gasteiger partial charge in [0.05, 0.1) is 5.02 Å². The largest absolute Gasteiger partial charge is 0.362 e. The predicted octanol–water partition coefficient (Wildman–Crippen LogP) is 6.07. The molecule has 0 saturated heterocycles. The number of benzene rings is 2. The molecule has 0 bridgehead atoms. The zero-order valence-corrected chi connectivity index (χ0v) is 24.5. The summed E-state index contributed by atoms with van der Waals surface area (Å²) in [6.45, 7) is 1.72. The number of carbonyl (C=O) groups is 2. The number of nitrogens with zero attached hydrogens (tertiary/aromatic N) is 2. The highest BCUT2D eigenvalue weighted by Crippen LogP contribution is 2.48.